The third kappa shape index (κ3) is 3.82. The Morgan fingerprint density at radius 3 is 2.38 bits per heavy atom. The summed E-state index contributed by atoms with van der Waals surface area (Å²) in [6.07, 6.45) is 3.55. The number of imidazole rings is 1. The van der Waals surface area contributed by atoms with Gasteiger partial charge in [0.25, 0.3) is 10.0 Å². The molecule has 0 aliphatic heterocycles. The van der Waals surface area contributed by atoms with Gasteiger partial charge in [0.2, 0.25) is 0 Å². The fourth-order valence-electron chi connectivity index (χ4n) is 4.43. The topological polar surface area (TPSA) is 92.2 Å². The maximum atomic E-state index is 13.7. The molecule has 0 aliphatic rings. The van der Waals surface area contributed by atoms with E-state index in [2.05, 4.69) is 11.4 Å². The number of aryl methyl sites for hydroxylation is 1. The average molecular weight is 504 g/mol. The van der Waals surface area contributed by atoms with Crippen molar-refractivity contribution in [3.05, 3.63) is 115 Å². The molecule has 6 rings (SSSR count). The third-order valence-electron chi connectivity index (χ3n) is 6.32. The summed E-state index contributed by atoms with van der Waals surface area (Å²) in [5, 5.41) is 13.3. The summed E-state index contributed by atoms with van der Waals surface area (Å²) in [5.74, 6) is 0.691. The van der Waals surface area contributed by atoms with Gasteiger partial charge in [0, 0.05) is 29.0 Å². The zero-order chi connectivity index (χ0) is 25.6. The molecule has 0 radical (unpaired) electrons. The normalized spacial score (nSPS) is 11.6. The highest BCUT2D eigenvalue weighted by Gasteiger charge is 2.24. The van der Waals surface area contributed by atoms with Gasteiger partial charge in [-0.25, -0.2) is 17.4 Å². The minimum absolute atomic E-state index is 0.219. The Morgan fingerprint density at radius 1 is 0.892 bits per heavy atom. The van der Waals surface area contributed by atoms with Gasteiger partial charge >= 0.3 is 0 Å². The van der Waals surface area contributed by atoms with Crippen LogP contribution in [-0.2, 0) is 10.0 Å². The standard InChI is InChI=1S/C29H21N5O2S/c1-20-9-15-23(16-10-20)37(35,36)34-19-25(24-6-2-3-7-26(24)34)28-29(33-17-5-4-8-27(33)32-28)31-22-13-11-21(18-30)12-14-22/h2-17,19,31H,1H3. The monoisotopic (exact) mass is 503 g/mol. The van der Waals surface area contributed by atoms with Crippen LogP contribution in [0.25, 0.3) is 27.8 Å². The molecule has 3 aromatic heterocycles. The van der Waals surface area contributed by atoms with Crippen molar-refractivity contribution in [1.29, 1.82) is 5.26 Å². The Hall–Kier alpha value is -4.87. The van der Waals surface area contributed by atoms with Crippen molar-refractivity contribution < 1.29 is 8.42 Å². The van der Waals surface area contributed by atoms with Crippen LogP contribution in [0.3, 0.4) is 0 Å². The average Bonchev–Trinajstić information content (AvgIpc) is 3.48. The fourth-order valence-corrected chi connectivity index (χ4v) is 5.80. The molecule has 0 unspecified atom stereocenters. The molecule has 0 saturated heterocycles. The van der Waals surface area contributed by atoms with Gasteiger partial charge in [-0.05, 0) is 61.5 Å². The molecule has 7 nitrogen and oxygen atoms in total. The van der Waals surface area contributed by atoms with E-state index >= 15 is 0 Å². The highest BCUT2D eigenvalue weighted by atomic mass is 32.2. The second kappa shape index (κ2) is 8.66. The summed E-state index contributed by atoms with van der Waals surface area (Å²) in [5.41, 5.74) is 4.91. The summed E-state index contributed by atoms with van der Waals surface area (Å²) in [7, 11) is -3.85. The summed E-state index contributed by atoms with van der Waals surface area (Å²) < 4.78 is 30.7. The first-order valence-corrected chi connectivity index (χ1v) is 13.1. The Kier molecular flexibility index (Phi) is 5.29. The molecule has 0 bridgehead atoms. The number of benzene rings is 3. The maximum absolute atomic E-state index is 13.7. The van der Waals surface area contributed by atoms with Crippen molar-refractivity contribution in [3.8, 4) is 17.3 Å². The lowest BCUT2D eigenvalue weighted by molar-refractivity contribution is 0.589. The van der Waals surface area contributed by atoms with E-state index in [1.54, 1.807) is 48.7 Å². The van der Waals surface area contributed by atoms with Crippen LogP contribution < -0.4 is 5.32 Å². The van der Waals surface area contributed by atoms with E-state index in [1.165, 1.54) is 3.97 Å². The summed E-state index contributed by atoms with van der Waals surface area (Å²) in [6.45, 7) is 1.92. The molecular weight excluding hydrogens is 482 g/mol. The summed E-state index contributed by atoms with van der Waals surface area (Å²) in [4.78, 5) is 5.10. The van der Waals surface area contributed by atoms with Crippen molar-refractivity contribution in [3.63, 3.8) is 0 Å². The quantitative estimate of drug-likeness (QED) is 0.306. The van der Waals surface area contributed by atoms with Gasteiger partial charge in [0.15, 0.2) is 0 Å². The molecule has 37 heavy (non-hydrogen) atoms. The molecule has 3 aromatic carbocycles. The molecule has 0 spiro atoms. The highest BCUT2D eigenvalue weighted by Crippen LogP contribution is 2.38. The fraction of sp³-hybridized carbons (Fsp3) is 0.0345. The Balaban J connectivity index is 1.57. The molecule has 0 saturated carbocycles. The minimum atomic E-state index is -3.85. The van der Waals surface area contributed by atoms with Crippen LogP contribution in [0.5, 0.6) is 0 Å². The predicted molar refractivity (Wildman–Crippen MR) is 144 cm³/mol. The van der Waals surface area contributed by atoms with Gasteiger partial charge in [-0.3, -0.25) is 4.40 Å². The molecular formula is C29H21N5O2S. The number of para-hydroxylation sites is 1. The van der Waals surface area contributed by atoms with E-state index in [4.69, 9.17) is 10.2 Å². The van der Waals surface area contributed by atoms with Crippen molar-refractivity contribution in [2.75, 3.05) is 5.32 Å². The van der Waals surface area contributed by atoms with Gasteiger partial charge in [0.1, 0.15) is 17.2 Å². The first kappa shape index (κ1) is 22.6. The summed E-state index contributed by atoms with van der Waals surface area (Å²) in [6, 6.07) is 29.2. The predicted octanol–water partition coefficient (Wildman–Crippen LogP) is 6.12. The van der Waals surface area contributed by atoms with Crippen molar-refractivity contribution in [1.82, 2.24) is 13.4 Å². The van der Waals surface area contributed by atoms with Crippen molar-refractivity contribution >= 4 is 38.1 Å². The number of nitrogens with one attached hydrogen (secondary N) is 1. The lowest BCUT2D eigenvalue weighted by atomic mass is 10.1. The Bertz CT molecular complexity index is 1930. The van der Waals surface area contributed by atoms with Crippen LogP contribution in [-0.4, -0.2) is 21.8 Å². The van der Waals surface area contributed by atoms with E-state index in [0.29, 0.717) is 33.8 Å². The van der Waals surface area contributed by atoms with E-state index in [1.807, 2.05) is 66.1 Å². The third-order valence-corrected chi connectivity index (χ3v) is 8.01. The largest absolute Gasteiger partial charge is 0.339 e. The number of pyridine rings is 1. The smallest absolute Gasteiger partial charge is 0.268 e. The van der Waals surface area contributed by atoms with Crippen LogP contribution in [0, 0.1) is 18.3 Å². The van der Waals surface area contributed by atoms with Crippen LogP contribution >= 0.6 is 0 Å². The van der Waals surface area contributed by atoms with E-state index in [0.717, 1.165) is 16.6 Å². The van der Waals surface area contributed by atoms with Crippen LogP contribution in [0.15, 0.2) is 108 Å². The molecule has 1 N–H and O–H groups in total. The van der Waals surface area contributed by atoms with Crippen LogP contribution in [0.4, 0.5) is 11.5 Å². The number of nitriles is 1. The van der Waals surface area contributed by atoms with Crippen molar-refractivity contribution in [2.24, 2.45) is 0 Å². The van der Waals surface area contributed by atoms with Gasteiger partial charge in [0.05, 0.1) is 22.0 Å². The van der Waals surface area contributed by atoms with E-state index in [9.17, 15) is 8.42 Å². The molecule has 180 valence electrons. The van der Waals surface area contributed by atoms with Gasteiger partial charge in [-0.15, -0.1) is 0 Å². The van der Waals surface area contributed by atoms with E-state index in [-0.39, 0.29) is 4.90 Å². The number of hydrogen-bond donors (Lipinski definition) is 1. The SMILES string of the molecule is Cc1ccc(S(=O)(=O)n2cc(-c3nc4ccccn4c3Nc3ccc(C#N)cc3)c3ccccc32)cc1. The second-order valence-corrected chi connectivity index (χ2v) is 10.5. The van der Waals surface area contributed by atoms with Crippen LogP contribution in [0.2, 0.25) is 0 Å². The second-order valence-electron chi connectivity index (χ2n) is 8.73. The minimum Gasteiger partial charge on any atom is -0.339 e. The van der Waals surface area contributed by atoms with Gasteiger partial charge in [-0.1, -0.05) is 42.0 Å². The Morgan fingerprint density at radius 2 is 1.62 bits per heavy atom. The number of nitrogens with zero attached hydrogens (tertiary/aromatic N) is 4. The van der Waals surface area contributed by atoms with Crippen LogP contribution in [0.1, 0.15) is 11.1 Å². The molecule has 0 atom stereocenters. The molecule has 6 aromatic rings. The van der Waals surface area contributed by atoms with E-state index < -0.39 is 10.0 Å². The number of aromatic nitrogens is 3. The molecule has 0 amide bonds. The highest BCUT2D eigenvalue weighted by molar-refractivity contribution is 7.90. The molecule has 0 fully saturated rings. The lowest BCUT2D eigenvalue weighted by Crippen LogP contribution is -2.11. The zero-order valence-electron chi connectivity index (χ0n) is 19.8. The number of fused-ring (bicyclic) bond motifs is 2. The maximum Gasteiger partial charge on any atom is 0.268 e. The van der Waals surface area contributed by atoms with Gasteiger partial charge < -0.3 is 5.32 Å². The van der Waals surface area contributed by atoms with Gasteiger partial charge in [-0.2, -0.15) is 5.26 Å². The Labute approximate surface area is 213 Å². The first-order valence-electron chi connectivity index (χ1n) is 11.6. The molecule has 3 heterocycles. The number of rotatable bonds is 5. The summed E-state index contributed by atoms with van der Waals surface area (Å²) >= 11 is 0. The number of hydrogen-bond acceptors (Lipinski definition) is 5. The zero-order valence-corrected chi connectivity index (χ0v) is 20.6. The molecule has 0 aliphatic carbocycles. The number of anilines is 2. The van der Waals surface area contributed by atoms with Crippen molar-refractivity contribution in [2.45, 2.75) is 11.8 Å². The lowest BCUT2D eigenvalue weighted by Gasteiger charge is -2.09. The molecule has 8 heteroatoms. The first-order chi connectivity index (χ1) is 18.0.